The molecule has 0 fully saturated rings. The third-order valence-corrected chi connectivity index (χ3v) is 4.53. The van der Waals surface area contributed by atoms with Crippen LogP contribution in [-0.2, 0) is 12.2 Å². The first-order valence-corrected chi connectivity index (χ1v) is 8.61. The fourth-order valence-corrected chi connectivity index (χ4v) is 3.18. The standard InChI is InChI=1S/C18H19N3O2S/c1-22-16-7-6-13(17(10-16)23-2)9-15-11-20-18(21-15)24-12-14-5-3-4-8-19-14/h3-8,10H,9,11-12H2,1-2H3. The van der Waals surface area contributed by atoms with Crippen molar-refractivity contribution in [3.05, 3.63) is 53.9 Å². The molecule has 0 N–H and O–H groups in total. The highest BCUT2D eigenvalue weighted by Crippen LogP contribution is 2.26. The Morgan fingerprint density at radius 1 is 1.12 bits per heavy atom. The fourth-order valence-electron chi connectivity index (χ4n) is 2.38. The van der Waals surface area contributed by atoms with Crippen LogP contribution in [0.25, 0.3) is 0 Å². The predicted molar refractivity (Wildman–Crippen MR) is 98.5 cm³/mol. The van der Waals surface area contributed by atoms with Gasteiger partial charge in [0.05, 0.1) is 26.5 Å². The van der Waals surface area contributed by atoms with Crippen molar-refractivity contribution in [2.24, 2.45) is 9.98 Å². The Morgan fingerprint density at radius 2 is 2.04 bits per heavy atom. The number of nitrogens with zero attached hydrogens (tertiary/aromatic N) is 3. The molecule has 0 bridgehead atoms. The minimum atomic E-state index is 0.639. The zero-order chi connectivity index (χ0) is 16.8. The van der Waals surface area contributed by atoms with E-state index in [4.69, 9.17) is 9.47 Å². The first-order valence-electron chi connectivity index (χ1n) is 7.63. The quantitative estimate of drug-likeness (QED) is 0.808. The summed E-state index contributed by atoms with van der Waals surface area (Å²) >= 11 is 1.62. The fraction of sp³-hybridized carbons (Fsp3) is 0.278. The molecule has 3 rings (SSSR count). The number of hydrogen-bond acceptors (Lipinski definition) is 6. The lowest BCUT2D eigenvalue weighted by Gasteiger charge is -2.10. The van der Waals surface area contributed by atoms with Crippen LogP contribution in [0.15, 0.2) is 52.6 Å². The van der Waals surface area contributed by atoms with Gasteiger partial charge in [-0.2, -0.15) is 0 Å². The molecular weight excluding hydrogens is 322 g/mol. The molecule has 0 radical (unpaired) electrons. The molecule has 24 heavy (non-hydrogen) atoms. The lowest BCUT2D eigenvalue weighted by atomic mass is 10.1. The lowest BCUT2D eigenvalue weighted by Crippen LogP contribution is -2.05. The number of amidine groups is 1. The van der Waals surface area contributed by atoms with Gasteiger partial charge in [0.25, 0.3) is 0 Å². The number of aliphatic imine (C=N–C) groups is 2. The summed E-state index contributed by atoms with van der Waals surface area (Å²) < 4.78 is 10.7. The number of ether oxygens (including phenoxy) is 2. The van der Waals surface area contributed by atoms with E-state index in [9.17, 15) is 0 Å². The Morgan fingerprint density at radius 3 is 2.79 bits per heavy atom. The number of thioether (sulfide) groups is 1. The van der Waals surface area contributed by atoms with Crippen LogP contribution in [0.1, 0.15) is 11.3 Å². The minimum absolute atomic E-state index is 0.639. The van der Waals surface area contributed by atoms with E-state index in [1.807, 2.05) is 36.4 Å². The van der Waals surface area contributed by atoms with Crippen LogP contribution in [0.2, 0.25) is 0 Å². The SMILES string of the molecule is COc1ccc(CC2=NC(SCc3ccccn3)=NC2)c(OC)c1. The molecule has 1 aliphatic heterocycles. The highest BCUT2D eigenvalue weighted by molar-refractivity contribution is 8.13. The molecule has 124 valence electrons. The van der Waals surface area contributed by atoms with Crippen LogP contribution in [0.3, 0.4) is 0 Å². The molecular formula is C18H19N3O2S. The van der Waals surface area contributed by atoms with Crippen LogP contribution >= 0.6 is 11.8 Å². The van der Waals surface area contributed by atoms with Crippen molar-refractivity contribution < 1.29 is 9.47 Å². The summed E-state index contributed by atoms with van der Waals surface area (Å²) in [6.07, 6.45) is 2.53. The maximum atomic E-state index is 5.44. The molecule has 0 aliphatic carbocycles. The third kappa shape index (κ3) is 4.14. The minimum Gasteiger partial charge on any atom is -0.497 e. The Kier molecular flexibility index (Phi) is 5.48. The van der Waals surface area contributed by atoms with Crippen LogP contribution in [0, 0.1) is 0 Å². The molecule has 0 unspecified atom stereocenters. The number of aromatic nitrogens is 1. The van der Waals surface area contributed by atoms with Gasteiger partial charge in [0, 0.05) is 35.7 Å². The first-order chi connectivity index (χ1) is 11.8. The molecule has 0 atom stereocenters. The maximum Gasteiger partial charge on any atom is 0.183 e. The molecule has 0 spiro atoms. The number of rotatable bonds is 6. The van der Waals surface area contributed by atoms with E-state index in [0.29, 0.717) is 6.54 Å². The van der Waals surface area contributed by atoms with Gasteiger partial charge in [-0.25, -0.2) is 4.99 Å². The van der Waals surface area contributed by atoms with Crippen LogP contribution in [-0.4, -0.2) is 36.6 Å². The normalized spacial score (nSPS) is 13.4. The van der Waals surface area contributed by atoms with Crippen molar-refractivity contribution >= 4 is 22.6 Å². The number of pyridine rings is 1. The van der Waals surface area contributed by atoms with Crippen molar-refractivity contribution in [2.45, 2.75) is 12.2 Å². The smallest absolute Gasteiger partial charge is 0.183 e. The van der Waals surface area contributed by atoms with Crippen molar-refractivity contribution in [2.75, 3.05) is 20.8 Å². The second kappa shape index (κ2) is 7.97. The van der Waals surface area contributed by atoms with Crippen LogP contribution in [0.5, 0.6) is 11.5 Å². The first kappa shape index (κ1) is 16.5. The Bertz CT molecular complexity index is 760. The summed E-state index contributed by atoms with van der Waals surface area (Å²) in [7, 11) is 3.31. The van der Waals surface area contributed by atoms with Gasteiger partial charge < -0.3 is 9.47 Å². The summed E-state index contributed by atoms with van der Waals surface area (Å²) in [5.74, 6) is 2.38. The Labute approximate surface area is 145 Å². The number of methoxy groups -OCH3 is 2. The van der Waals surface area contributed by atoms with Crippen molar-refractivity contribution in [3.63, 3.8) is 0 Å². The molecule has 5 nitrogen and oxygen atoms in total. The van der Waals surface area contributed by atoms with Crippen molar-refractivity contribution in [1.29, 1.82) is 0 Å². The lowest BCUT2D eigenvalue weighted by molar-refractivity contribution is 0.392. The summed E-state index contributed by atoms with van der Waals surface area (Å²) in [5, 5.41) is 0.822. The van der Waals surface area contributed by atoms with Crippen LogP contribution in [0.4, 0.5) is 0 Å². The average Bonchev–Trinajstić information content (AvgIpc) is 3.08. The maximum absolute atomic E-state index is 5.44. The summed E-state index contributed by atoms with van der Waals surface area (Å²) in [6, 6.07) is 11.8. The van der Waals surface area contributed by atoms with E-state index in [2.05, 4.69) is 15.0 Å². The second-order valence-electron chi connectivity index (χ2n) is 5.24. The second-order valence-corrected chi connectivity index (χ2v) is 6.18. The zero-order valence-electron chi connectivity index (χ0n) is 13.7. The predicted octanol–water partition coefficient (Wildman–Crippen LogP) is 3.39. The Hall–Kier alpha value is -2.34. The summed E-state index contributed by atoms with van der Waals surface area (Å²) in [5.41, 5.74) is 3.16. The third-order valence-electron chi connectivity index (χ3n) is 3.61. The van der Waals surface area contributed by atoms with Gasteiger partial charge in [-0.15, -0.1) is 0 Å². The highest BCUT2D eigenvalue weighted by atomic mass is 32.2. The van der Waals surface area contributed by atoms with E-state index in [-0.39, 0.29) is 0 Å². The van der Waals surface area contributed by atoms with E-state index in [0.717, 1.165) is 45.8 Å². The van der Waals surface area contributed by atoms with Gasteiger partial charge in [-0.05, 0) is 18.2 Å². The summed E-state index contributed by atoms with van der Waals surface area (Å²) in [4.78, 5) is 13.4. The molecule has 2 aromatic rings. The number of benzene rings is 1. The molecule has 6 heteroatoms. The van der Waals surface area contributed by atoms with Gasteiger partial charge in [0.1, 0.15) is 11.5 Å². The van der Waals surface area contributed by atoms with Gasteiger partial charge in [0.15, 0.2) is 5.17 Å². The Balaban J connectivity index is 1.61. The van der Waals surface area contributed by atoms with E-state index in [1.165, 1.54) is 0 Å². The molecule has 1 aliphatic rings. The average molecular weight is 341 g/mol. The van der Waals surface area contributed by atoms with Crippen LogP contribution < -0.4 is 9.47 Å². The van der Waals surface area contributed by atoms with Gasteiger partial charge >= 0.3 is 0 Å². The zero-order valence-corrected chi connectivity index (χ0v) is 14.5. The van der Waals surface area contributed by atoms with Gasteiger partial charge in [-0.1, -0.05) is 23.9 Å². The van der Waals surface area contributed by atoms with Gasteiger partial charge in [0.2, 0.25) is 0 Å². The molecule has 1 aromatic carbocycles. The van der Waals surface area contributed by atoms with E-state index < -0.39 is 0 Å². The molecule has 0 saturated heterocycles. The van der Waals surface area contributed by atoms with Crippen molar-refractivity contribution in [1.82, 2.24) is 4.98 Å². The largest absolute Gasteiger partial charge is 0.497 e. The topological polar surface area (TPSA) is 56.1 Å². The number of hydrogen-bond donors (Lipinski definition) is 0. The van der Waals surface area contributed by atoms with Gasteiger partial charge in [-0.3, -0.25) is 9.98 Å². The monoisotopic (exact) mass is 341 g/mol. The molecule has 0 saturated carbocycles. The molecule has 1 aromatic heterocycles. The highest BCUT2D eigenvalue weighted by Gasteiger charge is 2.14. The molecule has 2 heterocycles. The molecule has 0 amide bonds. The summed E-state index contributed by atoms with van der Waals surface area (Å²) in [6.45, 7) is 0.639. The van der Waals surface area contributed by atoms with Crippen molar-refractivity contribution in [3.8, 4) is 11.5 Å². The van der Waals surface area contributed by atoms with E-state index in [1.54, 1.807) is 32.2 Å². The van der Waals surface area contributed by atoms with E-state index >= 15 is 0 Å².